The molecule has 53 valence electrons. The Morgan fingerprint density at radius 1 is 1.70 bits per heavy atom. The van der Waals surface area contributed by atoms with Gasteiger partial charge < -0.3 is 4.98 Å². The van der Waals surface area contributed by atoms with Gasteiger partial charge in [-0.05, 0) is 13.8 Å². The summed E-state index contributed by atoms with van der Waals surface area (Å²) in [5.41, 5.74) is -0.608. The van der Waals surface area contributed by atoms with Crippen molar-refractivity contribution >= 4 is 6.29 Å². The second-order valence-corrected chi connectivity index (χ2v) is 2.66. The Balaban J connectivity index is 2.95. The lowest BCUT2D eigenvalue weighted by molar-refractivity contribution is 0.509. The predicted octanol–water partition coefficient (Wildman–Crippen LogP) is 0.797. The SMILES string of the molecule is CC(C)([C]=O)c1ncc[nH]1. The predicted molar refractivity (Wildman–Crippen MR) is 37.3 cm³/mol. The molecule has 1 rings (SSSR count). The van der Waals surface area contributed by atoms with Gasteiger partial charge in [0, 0.05) is 12.4 Å². The Bertz CT molecular complexity index is 214. The highest BCUT2D eigenvalue weighted by atomic mass is 16.1. The molecule has 0 aliphatic carbocycles. The first-order valence-corrected chi connectivity index (χ1v) is 3.06. The maximum Gasteiger partial charge on any atom is 0.212 e. The van der Waals surface area contributed by atoms with Gasteiger partial charge in [0.1, 0.15) is 5.82 Å². The van der Waals surface area contributed by atoms with Crippen molar-refractivity contribution in [1.29, 1.82) is 0 Å². The van der Waals surface area contributed by atoms with Gasteiger partial charge in [0.05, 0.1) is 5.41 Å². The summed E-state index contributed by atoms with van der Waals surface area (Å²) >= 11 is 0. The number of nitrogens with zero attached hydrogens (tertiary/aromatic N) is 1. The molecule has 3 nitrogen and oxygen atoms in total. The van der Waals surface area contributed by atoms with Gasteiger partial charge in [-0.25, -0.2) is 4.98 Å². The van der Waals surface area contributed by atoms with Crippen LogP contribution in [-0.4, -0.2) is 16.3 Å². The van der Waals surface area contributed by atoms with E-state index in [-0.39, 0.29) is 0 Å². The maximum atomic E-state index is 10.3. The molecule has 0 fully saturated rings. The molecule has 0 aromatic carbocycles. The fourth-order valence-electron chi connectivity index (χ4n) is 0.655. The van der Waals surface area contributed by atoms with E-state index in [9.17, 15) is 4.79 Å². The van der Waals surface area contributed by atoms with Crippen LogP contribution >= 0.6 is 0 Å². The Labute approximate surface area is 59.5 Å². The summed E-state index contributed by atoms with van der Waals surface area (Å²) in [4.78, 5) is 17.1. The second kappa shape index (κ2) is 2.25. The summed E-state index contributed by atoms with van der Waals surface area (Å²) < 4.78 is 0. The van der Waals surface area contributed by atoms with Crippen molar-refractivity contribution in [3.63, 3.8) is 0 Å². The van der Waals surface area contributed by atoms with E-state index in [2.05, 4.69) is 9.97 Å². The number of nitrogens with one attached hydrogen (secondary N) is 1. The van der Waals surface area contributed by atoms with Gasteiger partial charge in [0.25, 0.3) is 0 Å². The molecule has 1 N–H and O–H groups in total. The van der Waals surface area contributed by atoms with Crippen LogP contribution in [0.25, 0.3) is 0 Å². The molecule has 1 aromatic heterocycles. The Kier molecular flexibility index (Phi) is 1.57. The Morgan fingerprint density at radius 2 is 2.40 bits per heavy atom. The number of hydrogen-bond donors (Lipinski definition) is 1. The van der Waals surface area contributed by atoms with E-state index >= 15 is 0 Å². The topological polar surface area (TPSA) is 45.8 Å². The van der Waals surface area contributed by atoms with Gasteiger partial charge in [-0.2, -0.15) is 0 Å². The highest BCUT2D eigenvalue weighted by Gasteiger charge is 2.22. The van der Waals surface area contributed by atoms with Crippen LogP contribution in [0.15, 0.2) is 12.4 Å². The lowest BCUT2D eigenvalue weighted by Gasteiger charge is -2.10. The standard InChI is InChI=1S/C7H9N2O/c1-7(2,5-10)6-8-3-4-9-6/h3-4H,1-2H3,(H,8,9). The molecule has 0 amide bonds. The lowest BCUT2D eigenvalue weighted by atomic mass is 9.95. The largest absolute Gasteiger partial charge is 0.348 e. The van der Waals surface area contributed by atoms with Gasteiger partial charge in [-0.3, -0.25) is 4.79 Å². The van der Waals surface area contributed by atoms with Gasteiger partial charge in [0.2, 0.25) is 6.29 Å². The summed E-state index contributed by atoms with van der Waals surface area (Å²) in [6.07, 6.45) is 5.21. The molecule has 1 aromatic rings. The average molecular weight is 137 g/mol. The number of hydrogen-bond acceptors (Lipinski definition) is 2. The minimum absolute atomic E-state index is 0.608. The van der Waals surface area contributed by atoms with Gasteiger partial charge in [-0.15, -0.1) is 0 Å². The smallest absolute Gasteiger partial charge is 0.212 e. The molecule has 1 radical (unpaired) electrons. The first-order valence-electron chi connectivity index (χ1n) is 3.06. The van der Waals surface area contributed by atoms with Crippen LogP contribution in [0, 0.1) is 0 Å². The molecule has 10 heavy (non-hydrogen) atoms. The Morgan fingerprint density at radius 3 is 2.80 bits per heavy atom. The molecule has 0 bridgehead atoms. The van der Waals surface area contributed by atoms with Crippen LogP contribution in [0.2, 0.25) is 0 Å². The summed E-state index contributed by atoms with van der Waals surface area (Å²) in [6, 6.07) is 0. The van der Waals surface area contributed by atoms with Crippen LogP contribution in [0.5, 0.6) is 0 Å². The van der Waals surface area contributed by atoms with E-state index in [1.165, 1.54) is 0 Å². The number of rotatable bonds is 2. The summed E-state index contributed by atoms with van der Waals surface area (Å²) in [5.74, 6) is 0.655. The monoisotopic (exact) mass is 137 g/mol. The summed E-state index contributed by atoms with van der Waals surface area (Å²) in [7, 11) is 0. The van der Waals surface area contributed by atoms with E-state index < -0.39 is 5.41 Å². The molecule has 0 unspecified atom stereocenters. The van der Waals surface area contributed by atoms with Crippen molar-refractivity contribution < 1.29 is 4.79 Å². The maximum absolute atomic E-state index is 10.3. The number of aromatic nitrogens is 2. The quantitative estimate of drug-likeness (QED) is 0.655. The van der Waals surface area contributed by atoms with Crippen LogP contribution in [0.1, 0.15) is 19.7 Å². The van der Waals surface area contributed by atoms with Crippen molar-refractivity contribution in [2.45, 2.75) is 19.3 Å². The van der Waals surface area contributed by atoms with E-state index in [0.29, 0.717) is 5.82 Å². The van der Waals surface area contributed by atoms with Crippen LogP contribution in [0.3, 0.4) is 0 Å². The van der Waals surface area contributed by atoms with E-state index in [1.807, 2.05) is 6.29 Å². The molecule has 1 heterocycles. The third kappa shape index (κ3) is 1.07. The van der Waals surface area contributed by atoms with Crippen molar-refractivity contribution in [3.05, 3.63) is 18.2 Å². The molecular weight excluding hydrogens is 128 g/mol. The molecule has 0 saturated heterocycles. The highest BCUT2D eigenvalue weighted by Crippen LogP contribution is 2.14. The first-order chi connectivity index (χ1) is 4.67. The number of imidazole rings is 1. The van der Waals surface area contributed by atoms with Crippen LogP contribution in [-0.2, 0) is 10.2 Å². The zero-order chi connectivity index (χ0) is 7.61. The Hall–Kier alpha value is -1.12. The fourth-order valence-corrected chi connectivity index (χ4v) is 0.655. The average Bonchev–Trinajstić information content (AvgIpc) is 2.38. The lowest BCUT2D eigenvalue weighted by Crippen LogP contribution is -2.20. The summed E-state index contributed by atoms with van der Waals surface area (Å²) in [6.45, 7) is 3.53. The van der Waals surface area contributed by atoms with Crippen LogP contribution in [0.4, 0.5) is 0 Å². The van der Waals surface area contributed by atoms with Gasteiger partial charge in [0.15, 0.2) is 0 Å². The molecule has 0 spiro atoms. The van der Waals surface area contributed by atoms with Crippen molar-refractivity contribution in [1.82, 2.24) is 9.97 Å². The van der Waals surface area contributed by atoms with Gasteiger partial charge in [-0.1, -0.05) is 0 Å². The van der Waals surface area contributed by atoms with Crippen molar-refractivity contribution in [3.8, 4) is 0 Å². The minimum atomic E-state index is -0.608. The molecule has 3 heteroatoms. The second-order valence-electron chi connectivity index (χ2n) is 2.66. The van der Waals surface area contributed by atoms with E-state index in [4.69, 9.17) is 0 Å². The van der Waals surface area contributed by atoms with E-state index in [0.717, 1.165) is 0 Å². The number of carbonyl (C=O) groups excluding carboxylic acids is 1. The van der Waals surface area contributed by atoms with Crippen molar-refractivity contribution in [2.24, 2.45) is 0 Å². The fraction of sp³-hybridized carbons (Fsp3) is 0.429. The normalized spacial score (nSPS) is 11.4. The highest BCUT2D eigenvalue weighted by molar-refractivity contribution is 5.65. The molecule has 0 saturated carbocycles. The minimum Gasteiger partial charge on any atom is -0.348 e. The van der Waals surface area contributed by atoms with E-state index in [1.54, 1.807) is 26.2 Å². The third-order valence-corrected chi connectivity index (χ3v) is 1.35. The van der Waals surface area contributed by atoms with Crippen molar-refractivity contribution in [2.75, 3.05) is 0 Å². The number of aromatic amines is 1. The molecule has 0 atom stereocenters. The third-order valence-electron chi connectivity index (χ3n) is 1.35. The number of H-pyrrole nitrogens is 1. The molecule has 0 aliphatic rings. The summed E-state index contributed by atoms with van der Waals surface area (Å²) in [5, 5.41) is 0. The molecule has 0 aliphatic heterocycles. The van der Waals surface area contributed by atoms with Crippen LogP contribution < -0.4 is 0 Å². The first kappa shape index (κ1) is 6.99. The molecular formula is C7H9N2O. The zero-order valence-corrected chi connectivity index (χ0v) is 6.01. The zero-order valence-electron chi connectivity index (χ0n) is 6.01. The van der Waals surface area contributed by atoms with Gasteiger partial charge >= 0.3 is 0 Å².